The Morgan fingerprint density at radius 3 is 2.33 bits per heavy atom. The third-order valence-electron chi connectivity index (χ3n) is 6.68. The van der Waals surface area contributed by atoms with Crippen molar-refractivity contribution in [1.29, 1.82) is 0 Å². The van der Waals surface area contributed by atoms with E-state index in [1.807, 2.05) is 0 Å². The number of benzene rings is 2. The third kappa shape index (κ3) is 5.37. The highest BCUT2D eigenvalue weighted by atomic mass is 19.4. The molecule has 39 heavy (non-hydrogen) atoms. The molecule has 5 atom stereocenters. The molecule has 0 aliphatic carbocycles. The Balaban J connectivity index is 1.69. The van der Waals surface area contributed by atoms with Crippen molar-refractivity contribution in [2.24, 2.45) is 0 Å². The van der Waals surface area contributed by atoms with E-state index in [0.29, 0.717) is 10.5 Å². The number of carbonyl (C=O) groups excluding carboxylic acids is 1. The van der Waals surface area contributed by atoms with Gasteiger partial charge in [0.2, 0.25) is 0 Å². The lowest BCUT2D eigenvalue weighted by Crippen LogP contribution is -2.60. The van der Waals surface area contributed by atoms with Crippen LogP contribution in [0.5, 0.6) is 0 Å². The van der Waals surface area contributed by atoms with Crippen molar-refractivity contribution in [3.05, 3.63) is 64.9 Å². The smallest absolute Gasteiger partial charge is 0.394 e. The quantitative estimate of drug-likeness (QED) is 0.413. The number of aromatic nitrogens is 3. The first-order valence-electron chi connectivity index (χ1n) is 11.7. The first kappa shape index (κ1) is 28.5. The van der Waals surface area contributed by atoms with Gasteiger partial charge in [0.15, 0.2) is 6.10 Å². The minimum atomic E-state index is -4.79. The van der Waals surface area contributed by atoms with Gasteiger partial charge in [-0.2, -0.15) is 13.2 Å². The van der Waals surface area contributed by atoms with Crippen LogP contribution in [0.1, 0.15) is 22.7 Å². The SMILES string of the molecule is Cc1ccc(C(F)(F)F)c(N(C)C(=O)C2O[C@H](CO)[C@H](O)[C@H](n3cc(-c4cc(F)c(C)c(F)c4)nn3)[C@H]2O)c1. The van der Waals surface area contributed by atoms with Gasteiger partial charge in [-0.3, -0.25) is 4.79 Å². The number of aliphatic hydroxyl groups excluding tert-OH is 3. The summed E-state index contributed by atoms with van der Waals surface area (Å²) in [6.07, 6.45) is -10.4. The topological polar surface area (TPSA) is 121 Å². The first-order chi connectivity index (χ1) is 18.2. The van der Waals surface area contributed by atoms with E-state index in [-0.39, 0.29) is 16.8 Å². The predicted octanol–water partition coefficient (Wildman–Crippen LogP) is 2.54. The summed E-state index contributed by atoms with van der Waals surface area (Å²) >= 11 is 0. The number of halogens is 5. The summed E-state index contributed by atoms with van der Waals surface area (Å²) in [5.74, 6) is -2.76. The van der Waals surface area contributed by atoms with Gasteiger partial charge in [0, 0.05) is 18.2 Å². The Labute approximate surface area is 219 Å². The van der Waals surface area contributed by atoms with E-state index in [2.05, 4.69) is 10.3 Å². The monoisotopic (exact) mass is 556 g/mol. The molecule has 9 nitrogen and oxygen atoms in total. The van der Waals surface area contributed by atoms with E-state index in [4.69, 9.17) is 4.74 Å². The van der Waals surface area contributed by atoms with Crippen LogP contribution in [-0.2, 0) is 15.7 Å². The molecular formula is C25H25F5N4O5. The molecule has 1 aliphatic heterocycles. The highest BCUT2D eigenvalue weighted by molar-refractivity contribution is 5.97. The van der Waals surface area contributed by atoms with Crippen molar-refractivity contribution in [1.82, 2.24) is 15.0 Å². The molecule has 3 aromatic rings. The van der Waals surface area contributed by atoms with Crippen molar-refractivity contribution >= 4 is 11.6 Å². The van der Waals surface area contributed by atoms with Crippen LogP contribution in [0.15, 0.2) is 36.5 Å². The number of hydrogen-bond donors (Lipinski definition) is 3. The Morgan fingerprint density at radius 2 is 1.74 bits per heavy atom. The molecule has 0 radical (unpaired) electrons. The van der Waals surface area contributed by atoms with Gasteiger partial charge in [-0.05, 0) is 43.7 Å². The van der Waals surface area contributed by atoms with E-state index < -0.39 is 72.0 Å². The number of aliphatic hydroxyl groups is 3. The maximum absolute atomic E-state index is 14.1. The summed E-state index contributed by atoms with van der Waals surface area (Å²) in [5.41, 5.74) is -1.39. The van der Waals surface area contributed by atoms with Gasteiger partial charge in [-0.25, -0.2) is 13.5 Å². The molecular weight excluding hydrogens is 531 g/mol. The number of anilines is 1. The van der Waals surface area contributed by atoms with Crippen LogP contribution >= 0.6 is 0 Å². The molecule has 2 aromatic carbocycles. The maximum Gasteiger partial charge on any atom is 0.418 e. The molecule has 1 fully saturated rings. The van der Waals surface area contributed by atoms with E-state index in [0.717, 1.165) is 42.2 Å². The molecule has 1 amide bonds. The van der Waals surface area contributed by atoms with Crippen molar-refractivity contribution in [3.63, 3.8) is 0 Å². The molecule has 4 rings (SSSR count). The fraction of sp³-hybridized carbons (Fsp3) is 0.400. The molecule has 0 spiro atoms. The normalized spacial score (nSPS) is 23.6. The van der Waals surface area contributed by atoms with Gasteiger partial charge in [0.05, 0.1) is 24.1 Å². The van der Waals surface area contributed by atoms with E-state index in [1.165, 1.54) is 19.9 Å². The summed E-state index contributed by atoms with van der Waals surface area (Å²) in [4.78, 5) is 14.0. The molecule has 1 unspecified atom stereocenters. The largest absolute Gasteiger partial charge is 0.418 e. The lowest BCUT2D eigenvalue weighted by molar-refractivity contribution is -0.205. The number of amides is 1. The minimum absolute atomic E-state index is 0.00286. The Hall–Kier alpha value is -3.46. The van der Waals surface area contributed by atoms with Crippen molar-refractivity contribution < 1.29 is 46.8 Å². The Kier molecular flexibility index (Phi) is 7.76. The zero-order valence-electron chi connectivity index (χ0n) is 20.9. The number of rotatable bonds is 5. The second-order valence-corrected chi connectivity index (χ2v) is 9.31. The zero-order valence-corrected chi connectivity index (χ0v) is 20.9. The van der Waals surface area contributed by atoms with Gasteiger partial charge in [0.25, 0.3) is 5.91 Å². The van der Waals surface area contributed by atoms with Crippen LogP contribution in [0, 0.1) is 25.5 Å². The van der Waals surface area contributed by atoms with E-state index >= 15 is 0 Å². The lowest BCUT2D eigenvalue weighted by atomic mass is 9.91. The highest BCUT2D eigenvalue weighted by Crippen LogP contribution is 2.38. The fourth-order valence-corrected chi connectivity index (χ4v) is 4.43. The summed E-state index contributed by atoms with van der Waals surface area (Å²) in [7, 11) is 1.07. The molecule has 3 N–H and O–H groups in total. The van der Waals surface area contributed by atoms with Crippen molar-refractivity contribution in [2.75, 3.05) is 18.6 Å². The average molecular weight is 556 g/mol. The van der Waals surface area contributed by atoms with Gasteiger partial charge in [0.1, 0.15) is 41.7 Å². The number of aryl methyl sites for hydroxylation is 1. The molecule has 1 aromatic heterocycles. The molecule has 1 saturated heterocycles. The summed E-state index contributed by atoms with van der Waals surface area (Å²) in [6, 6.07) is 3.76. The second-order valence-electron chi connectivity index (χ2n) is 9.31. The number of likely N-dealkylation sites (N-methyl/N-ethyl adjacent to an activating group) is 1. The van der Waals surface area contributed by atoms with E-state index in [9.17, 15) is 42.1 Å². The van der Waals surface area contributed by atoms with Crippen molar-refractivity contribution in [3.8, 4) is 11.3 Å². The zero-order chi connectivity index (χ0) is 28.8. The highest BCUT2D eigenvalue weighted by Gasteiger charge is 2.50. The number of ether oxygens (including phenoxy) is 1. The van der Waals surface area contributed by atoms with Gasteiger partial charge in [-0.1, -0.05) is 11.3 Å². The molecule has 0 bridgehead atoms. The van der Waals surface area contributed by atoms with Crippen LogP contribution in [0.25, 0.3) is 11.3 Å². The van der Waals surface area contributed by atoms with Gasteiger partial charge < -0.3 is 25.0 Å². The first-order valence-corrected chi connectivity index (χ1v) is 11.7. The van der Waals surface area contributed by atoms with Gasteiger partial charge >= 0.3 is 6.18 Å². The second kappa shape index (κ2) is 10.6. The molecule has 210 valence electrons. The molecule has 14 heteroatoms. The Morgan fingerprint density at radius 1 is 1.10 bits per heavy atom. The van der Waals surface area contributed by atoms with Crippen LogP contribution in [0.3, 0.4) is 0 Å². The van der Waals surface area contributed by atoms with Crippen molar-refractivity contribution in [2.45, 2.75) is 50.5 Å². The standard InChI is InChI=1S/C25H25F5N4O5/c1-11-4-5-14(25(28,29)30)18(6-11)33(3)24(38)23-22(37)20(21(36)19(10-35)39-23)34-9-17(31-32-34)13-7-15(26)12(2)16(27)8-13/h4-9,19-23,35-37H,10H2,1-3H3/t19-,20+,21+,22-,23?/m1/s1. The molecule has 1 aliphatic rings. The summed E-state index contributed by atoms with van der Waals surface area (Å²) in [5, 5.41) is 39.2. The Bertz CT molecular complexity index is 1360. The van der Waals surface area contributed by atoms with E-state index in [1.54, 1.807) is 0 Å². The van der Waals surface area contributed by atoms with Crippen LogP contribution in [0.2, 0.25) is 0 Å². The predicted molar refractivity (Wildman–Crippen MR) is 126 cm³/mol. The fourth-order valence-electron chi connectivity index (χ4n) is 4.43. The van der Waals surface area contributed by atoms with Crippen LogP contribution in [0.4, 0.5) is 27.6 Å². The molecule has 0 saturated carbocycles. The van der Waals surface area contributed by atoms with Crippen LogP contribution in [-0.4, -0.2) is 74.3 Å². The number of alkyl halides is 3. The number of nitrogens with zero attached hydrogens (tertiary/aromatic N) is 4. The third-order valence-corrected chi connectivity index (χ3v) is 6.68. The molecule has 2 heterocycles. The summed E-state index contributed by atoms with van der Waals surface area (Å²) in [6.45, 7) is 1.97. The van der Waals surface area contributed by atoms with Crippen LogP contribution < -0.4 is 4.90 Å². The maximum atomic E-state index is 14.1. The lowest BCUT2D eigenvalue weighted by Gasteiger charge is -2.42. The minimum Gasteiger partial charge on any atom is -0.394 e. The summed E-state index contributed by atoms with van der Waals surface area (Å²) < 4.78 is 75.4. The average Bonchev–Trinajstić information content (AvgIpc) is 3.35. The number of carbonyl (C=O) groups is 1. The van der Waals surface area contributed by atoms with Gasteiger partial charge in [-0.15, -0.1) is 5.10 Å². The number of hydrogen-bond acceptors (Lipinski definition) is 7.